The molecular formula is C29H27F4N7O5. The van der Waals surface area contributed by atoms with Gasteiger partial charge in [-0.15, -0.1) is 5.10 Å². The Labute approximate surface area is 252 Å². The minimum atomic E-state index is -5.08. The Morgan fingerprint density at radius 1 is 1.18 bits per heavy atom. The highest BCUT2D eigenvalue weighted by molar-refractivity contribution is 5.92. The van der Waals surface area contributed by atoms with E-state index >= 15 is 0 Å². The average molecular weight is 630 g/mol. The number of carbonyl (C=O) groups is 2. The summed E-state index contributed by atoms with van der Waals surface area (Å²) in [5.74, 6) is -3.03. The summed E-state index contributed by atoms with van der Waals surface area (Å²) in [6, 6.07) is 8.09. The van der Waals surface area contributed by atoms with Gasteiger partial charge in [0.25, 0.3) is 11.5 Å². The smallest absolute Gasteiger partial charge is 0.490 e. The normalized spacial score (nSPS) is 18.7. The molecule has 0 spiro atoms. The Morgan fingerprint density at radius 2 is 1.89 bits per heavy atom. The van der Waals surface area contributed by atoms with Gasteiger partial charge < -0.3 is 20.5 Å². The van der Waals surface area contributed by atoms with Crippen LogP contribution in [-0.2, 0) is 23.3 Å². The molecule has 2 bridgehead atoms. The number of nitrogens with zero attached hydrogens (tertiary/aromatic N) is 5. The van der Waals surface area contributed by atoms with E-state index in [9.17, 15) is 32.3 Å². The molecule has 1 aromatic carbocycles. The summed E-state index contributed by atoms with van der Waals surface area (Å²) >= 11 is 0. The van der Waals surface area contributed by atoms with Crippen LogP contribution in [0.5, 0.6) is 5.75 Å². The van der Waals surface area contributed by atoms with Crippen LogP contribution in [0.2, 0.25) is 0 Å². The first-order valence-electron chi connectivity index (χ1n) is 13.8. The number of carboxylic acids is 1. The van der Waals surface area contributed by atoms with Crippen molar-refractivity contribution in [2.45, 2.75) is 57.3 Å². The van der Waals surface area contributed by atoms with Gasteiger partial charge in [0.05, 0.1) is 11.2 Å². The molecule has 3 aliphatic rings. The van der Waals surface area contributed by atoms with Crippen molar-refractivity contribution in [3.63, 3.8) is 0 Å². The quantitative estimate of drug-likeness (QED) is 0.240. The van der Waals surface area contributed by atoms with Crippen molar-refractivity contribution in [3.8, 4) is 17.3 Å². The second kappa shape index (κ2) is 12.1. The fourth-order valence-electron chi connectivity index (χ4n) is 5.56. The Kier molecular flexibility index (Phi) is 8.40. The van der Waals surface area contributed by atoms with E-state index in [-0.39, 0.29) is 28.9 Å². The molecule has 5 heterocycles. The third-order valence-electron chi connectivity index (χ3n) is 7.84. The zero-order valence-electron chi connectivity index (χ0n) is 23.7. The highest BCUT2D eigenvalue weighted by atomic mass is 19.4. The molecule has 0 radical (unpaired) electrons. The van der Waals surface area contributed by atoms with E-state index in [1.165, 1.54) is 16.8 Å². The predicted molar refractivity (Wildman–Crippen MR) is 149 cm³/mol. The number of aromatic amines is 1. The van der Waals surface area contributed by atoms with Gasteiger partial charge in [-0.1, -0.05) is 12.1 Å². The van der Waals surface area contributed by atoms with Crippen molar-refractivity contribution in [2.24, 2.45) is 5.92 Å². The maximum Gasteiger partial charge on any atom is 0.490 e. The standard InChI is InChI=1S/C27H26FN7O3.C2HF3O2/c1-15-11-17(4-5-19(15)28)12-18-13-29-23(31-18)21-22(36)25(38)35-14-16-6-8-27(9-7-16,26(35)32-21)33-24(37)20-3-2-10-30-34-20;3-2(4,5)1(6)7/h2-5,10-11,13,16,36H,6-9,12,14H2,1H3,(H,29,31)(H,33,37);(H,6,7). The van der Waals surface area contributed by atoms with Gasteiger partial charge in [0.2, 0.25) is 5.75 Å². The van der Waals surface area contributed by atoms with Gasteiger partial charge in [0.15, 0.2) is 17.2 Å². The molecule has 236 valence electrons. The lowest BCUT2D eigenvalue weighted by Gasteiger charge is -2.37. The molecule has 0 unspecified atom stereocenters. The summed E-state index contributed by atoms with van der Waals surface area (Å²) < 4.78 is 46.9. The number of rotatable bonds is 5. The van der Waals surface area contributed by atoms with E-state index in [2.05, 4.69) is 25.5 Å². The number of aryl methyl sites for hydroxylation is 1. The SMILES string of the molecule is Cc1cc(Cc2c[nH]c(-c3nc4n(c(=O)c3O)CC3CCC4(NC(=O)c4cccnn4)CC3)n2)ccc1F.O=C(O)C(F)(F)F. The minimum Gasteiger partial charge on any atom is -0.501 e. The number of carboxylic acid groups (broad SMARTS) is 1. The molecule has 45 heavy (non-hydrogen) atoms. The fourth-order valence-corrected chi connectivity index (χ4v) is 5.56. The van der Waals surface area contributed by atoms with Crippen LogP contribution in [-0.4, -0.2) is 58.0 Å². The van der Waals surface area contributed by atoms with Crippen molar-refractivity contribution < 1.29 is 37.4 Å². The van der Waals surface area contributed by atoms with Crippen molar-refractivity contribution in [3.05, 3.63) is 87.2 Å². The second-order valence-electron chi connectivity index (χ2n) is 10.9. The summed E-state index contributed by atoms with van der Waals surface area (Å²) in [5.41, 5.74) is 0.806. The molecule has 12 nitrogen and oxygen atoms in total. The van der Waals surface area contributed by atoms with E-state index in [1.807, 2.05) is 0 Å². The van der Waals surface area contributed by atoms with Crippen molar-refractivity contribution in [2.75, 3.05) is 0 Å². The summed E-state index contributed by atoms with van der Waals surface area (Å²) in [5, 5.41) is 28.8. The molecule has 4 aromatic rings. The number of aromatic nitrogens is 6. The zero-order valence-corrected chi connectivity index (χ0v) is 23.7. The number of hydrogen-bond acceptors (Lipinski definition) is 8. The molecular weight excluding hydrogens is 602 g/mol. The maximum atomic E-state index is 13.7. The van der Waals surface area contributed by atoms with E-state index in [0.717, 1.165) is 18.4 Å². The number of fused-ring (bicyclic) bond motifs is 2. The highest BCUT2D eigenvalue weighted by Crippen LogP contribution is 2.43. The number of halogens is 4. The molecule has 1 fully saturated rings. The first-order valence-corrected chi connectivity index (χ1v) is 13.8. The number of aromatic hydroxyl groups is 1. The number of benzene rings is 1. The van der Waals surface area contributed by atoms with E-state index in [1.54, 1.807) is 37.4 Å². The number of amides is 1. The lowest BCUT2D eigenvalue weighted by Crippen LogP contribution is -2.49. The Hall–Kier alpha value is -5.15. The molecule has 0 saturated heterocycles. The number of H-pyrrole nitrogens is 1. The molecule has 7 rings (SSSR count). The van der Waals surface area contributed by atoms with Gasteiger partial charge in [-0.05, 0) is 67.9 Å². The van der Waals surface area contributed by atoms with Gasteiger partial charge in [-0.3, -0.25) is 14.2 Å². The van der Waals surface area contributed by atoms with Crippen LogP contribution < -0.4 is 10.9 Å². The number of hydrogen-bond donors (Lipinski definition) is 4. The van der Waals surface area contributed by atoms with Crippen LogP contribution in [0.1, 0.15) is 58.8 Å². The summed E-state index contributed by atoms with van der Waals surface area (Å²) in [4.78, 5) is 47.8. The molecule has 1 aliphatic carbocycles. The van der Waals surface area contributed by atoms with E-state index < -0.39 is 34.9 Å². The predicted octanol–water partition coefficient (Wildman–Crippen LogP) is 3.63. The number of nitrogens with one attached hydrogen (secondary N) is 2. The van der Waals surface area contributed by atoms with Crippen LogP contribution >= 0.6 is 0 Å². The van der Waals surface area contributed by atoms with Crippen LogP contribution in [0.15, 0.2) is 47.5 Å². The highest BCUT2D eigenvalue weighted by Gasteiger charge is 2.46. The van der Waals surface area contributed by atoms with Crippen molar-refractivity contribution >= 4 is 11.9 Å². The molecule has 16 heteroatoms. The zero-order chi connectivity index (χ0) is 32.5. The Bertz CT molecular complexity index is 1800. The van der Waals surface area contributed by atoms with Crippen LogP contribution in [0.25, 0.3) is 11.5 Å². The number of aliphatic carboxylic acids is 1. The first kappa shape index (κ1) is 31.3. The van der Waals surface area contributed by atoms with Gasteiger partial charge in [0, 0.05) is 25.4 Å². The van der Waals surface area contributed by atoms with Gasteiger partial charge in [0.1, 0.15) is 11.6 Å². The first-order chi connectivity index (χ1) is 21.3. The molecule has 2 aliphatic heterocycles. The third-order valence-corrected chi connectivity index (χ3v) is 7.84. The van der Waals surface area contributed by atoms with Crippen LogP contribution in [0, 0.1) is 18.7 Å². The van der Waals surface area contributed by atoms with Gasteiger partial charge >= 0.3 is 12.1 Å². The Balaban J connectivity index is 0.000000515. The summed E-state index contributed by atoms with van der Waals surface area (Å²) in [7, 11) is 0. The van der Waals surface area contributed by atoms with Gasteiger partial charge in [-0.25, -0.2) is 19.2 Å². The van der Waals surface area contributed by atoms with Crippen LogP contribution in [0.3, 0.4) is 0 Å². The lowest BCUT2D eigenvalue weighted by molar-refractivity contribution is -0.192. The summed E-state index contributed by atoms with van der Waals surface area (Å²) in [6.45, 7) is 2.12. The third kappa shape index (κ3) is 6.53. The number of alkyl halides is 3. The fraction of sp³-hybridized carbons (Fsp3) is 0.345. The molecule has 1 amide bonds. The Morgan fingerprint density at radius 3 is 2.51 bits per heavy atom. The number of imidazole rings is 1. The monoisotopic (exact) mass is 629 g/mol. The molecule has 0 atom stereocenters. The van der Waals surface area contributed by atoms with Crippen molar-refractivity contribution in [1.82, 2.24) is 35.0 Å². The largest absolute Gasteiger partial charge is 0.501 e. The average Bonchev–Trinajstić information content (AvgIpc) is 3.34. The van der Waals surface area contributed by atoms with E-state index in [4.69, 9.17) is 14.9 Å². The van der Waals surface area contributed by atoms with Crippen molar-refractivity contribution in [1.29, 1.82) is 0 Å². The van der Waals surface area contributed by atoms with Gasteiger partial charge in [-0.2, -0.15) is 18.3 Å². The van der Waals surface area contributed by atoms with E-state index in [0.29, 0.717) is 42.9 Å². The molecule has 4 N–H and O–H groups in total. The number of carbonyl (C=O) groups excluding carboxylic acids is 1. The second-order valence-corrected chi connectivity index (χ2v) is 10.9. The topological polar surface area (TPSA) is 176 Å². The molecule has 1 saturated carbocycles. The van der Waals surface area contributed by atoms with Crippen LogP contribution in [0.4, 0.5) is 17.6 Å². The molecule has 3 aromatic heterocycles. The summed E-state index contributed by atoms with van der Waals surface area (Å²) in [6.07, 6.45) is 1.34. The lowest BCUT2D eigenvalue weighted by atomic mass is 9.77. The maximum absolute atomic E-state index is 13.7. The minimum absolute atomic E-state index is 0.0289.